The monoisotopic (exact) mass is 616 g/mol. The van der Waals surface area contributed by atoms with Crippen molar-refractivity contribution in [1.29, 1.82) is 0 Å². The van der Waals surface area contributed by atoms with E-state index >= 15 is 0 Å². The number of likely N-dealkylation sites (tertiary alicyclic amines) is 1. The number of aliphatic hydroxyl groups excluding tert-OH is 1. The van der Waals surface area contributed by atoms with Crippen molar-refractivity contribution in [2.45, 2.75) is 86.5 Å². The minimum Gasteiger partial charge on any atom is -0.396 e. The van der Waals surface area contributed by atoms with Gasteiger partial charge in [0, 0.05) is 75.5 Å². The van der Waals surface area contributed by atoms with Crippen LogP contribution in [0.4, 0.5) is 0 Å². The molecule has 215 valence electrons. The number of ketones is 2. The predicted octanol–water partition coefficient (Wildman–Crippen LogP) is 4.77. The molecule has 6 rings (SSSR count). The third-order valence-corrected chi connectivity index (χ3v) is 11.9. The maximum absolute atomic E-state index is 13.7. The molecule has 39 heavy (non-hydrogen) atoms. The molecule has 12 unspecified atom stereocenters. The van der Waals surface area contributed by atoms with Crippen molar-refractivity contribution in [3.63, 3.8) is 0 Å². The zero-order valence-electron chi connectivity index (χ0n) is 24.9. The number of aliphatic hydroxyl groups is 1. The number of rotatable bonds is 8. The number of hydrogen-bond acceptors (Lipinski definition) is 5. The summed E-state index contributed by atoms with van der Waals surface area (Å²) < 4.78 is 0. The number of fused-ring (bicyclic) bond motifs is 5. The Morgan fingerprint density at radius 1 is 0.897 bits per heavy atom. The summed E-state index contributed by atoms with van der Waals surface area (Å²) in [7, 11) is 0. The molecule has 6 aliphatic rings. The molecular formula is C32H49NO5Y. The summed E-state index contributed by atoms with van der Waals surface area (Å²) in [6, 6.07) is 0. The normalized spacial score (nSPS) is 43.2. The van der Waals surface area contributed by atoms with Gasteiger partial charge < -0.3 is 5.11 Å². The minimum absolute atomic E-state index is 0. The molecule has 0 spiro atoms. The summed E-state index contributed by atoms with van der Waals surface area (Å²) in [6.45, 7) is 12.7. The zero-order chi connectivity index (χ0) is 27.7. The van der Waals surface area contributed by atoms with Crippen molar-refractivity contribution in [2.75, 3.05) is 13.2 Å². The molecule has 1 heterocycles. The number of Topliss-reactive ketones (excluding diaryl/α,β-unsaturated/α-hetero) is 2. The molecule has 4 bridgehead atoms. The van der Waals surface area contributed by atoms with Crippen LogP contribution in [0.3, 0.4) is 0 Å². The van der Waals surface area contributed by atoms with Gasteiger partial charge in [-0.05, 0) is 92.8 Å². The second-order valence-corrected chi connectivity index (χ2v) is 14.6. The predicted molar refractivity (Wildman–Crippen MR) is 144 cm³/mol. The number of hydrogen-bond donors (Lipinski definition) is 1. The molecule has 0 aromatic rings. The molecule has 12 atom stereocenters. The summed E-state index contributed by atoms with van der Waals surface area (Å²) in [4.78, 5) is 55.1. The summed E-state index contributed by atoms with van der Waals surface area (Å²) in [5.41, 5.74) is -0.387. The summed E-state index contributed by atoms with van der Waals surface area (Å²) in [5, 5.41) is 9.27. The molecule has 5 aliphatic carbocycles. The standard InChI is InChI=1S/C32H49NO5.Y/c1-7-33-30(37)17(3)26(31(33)38)27-19-14-22(23(15-19)29(36)32(4,5)6)28(27)25-16(2)20-11-10-18(25)13-21(20)24(35)9-8-12-34;/h16-23,25-28,34H,7-15H2,1-6H3;. The molecule has 2 amide bonds. The van der Waals surface area contributed by atoms with E-state index in [1.807, 2.05) is 34.6 Å². The number of imide groups is 1. The zero-order valence-corrected chi connectivity index (χ0v) is 27.7. The minimum atomic E-state index is -0.387. The third-order valence-electron chi connectivity index (χ3n) is 11.9. The van der Waals surface area contributed by atoms with Crippen molar-refractivity contribution in [1.82, 2.24) is 4.90 Å². The van der Waals surface area contributed by atoms with E-state index in [9.17, 15) is 24.3 Å². The smallest absolute Gasteiger partial charge is 0.233 e. The summed E-state index contributed by atoms with van der Waals surface area (Å²) >= 11 is 0. The van der Waals surface area contributed by atoms with Crippen LogP contribution in [0.1, 0.15) is 86.5 Å². The topological polar surface area (TPSA) is 91.8 Å². The molecule has 0 aromatic carbocycles. The quantitative estimate of drug-likeness (QED) is 0.397. The van der Waals surface area contributed by atoms with Crippen LogP contribution in [-0.4, -0.2) is 46.5 Å². The second-order valence-electron chi connectivity index (χ2n) is 14.6. The van der Waals surface area contributed by atoms with Crippen LogP contribution in [0.2, 0.25) is 0 Å². The van der Waals surface area contributed by atoms with Crippen molar-refractivity contribution in [2.24, 2.45) is 76.4 Å². The average molecular weight is 617 g/mol. The molecule has 0 aromatic heterocycles. The van der Waals surface area contributed by atoms with Crippen LogP contribution in [0.25, 0.3) is 0 Å². The van der Waals surface area contributed by atoms with Gasteiger partial charge in [0.1, 0.15) is 11.6 Å². The van der Waals surface area contributed by atoms with E-state index in [1.165, 1.54) is 4.90 Å². The van der Waals surface area contributed by atoms with Gasteiger partial charge in [-0.25, -0.2) is 0 Å². The Hall–Kier alpha value is -0.456. The van der Waals surface area contributed by atoms with Crippen molar-refractivity contribution < 1.29 is 57.0 Å². The SMILES string of the molecule is CCN1C(=O)C(C)C(C2C3CC(C(=O)C(C)(C)C)C(C3)C2C2C3CCC(C(C(=O)CCCO)C3)C2C)C1=O.[Y]. The van der Waals surface area contributed by atoms with Crippen molar-refractivity contribution >= 4 is 23.4 Å². The van der Waals surface area contributed by atoms with Crippen LogP contribution in [0.15, 0.2) is 0 Å². The van der Waals surface area contributed by atoms with Crippen molar-refractivity contribution in [3.05, 3.63) is 0 Å². The summed E-state index contributed by atoms with van der Waals surface area (Å²) in [5.74, 6) is 2.76. The number of carbonyl (C=O) groups excluding carboxylic acids is 4. The number of nitrogens with zero attached hydrogens (tertiary/aromatic N) is 1. The molecule has 6 fully saturated rings. The average Bonchev–Trinajstić information content (AvgIpc) is 3.51. The van der Waals surface area contributed by atoms with Crippen molar-refractivity contribution in [3.8, 4) is 0 Å². The van der Waals surface area contributed by atoms with Gasteiger partial charge in [-0.3, -0.25) is 24.1 Å². The molecule has 1 radical (unpaired) electrons. The molecular weight excluding hydrogens is 567 g/mol. The fourth-order valence-corrected chi connectivity index (χ4v) is 10.5. The van der Waals surface area contributed by atoms with E-state index in [1.54, 1.807) is 0 Å². The van der Waals surface area contributed by atoms with Crippen LogP contribution >= 0.6 is 0 Å². The maximum Gasteiger partial charge on any atom is 0.233 e. The van der Waals surface area contributed by atoms with E-state index in [4.69, 9.17) is 0 Å². The first-order valence-electron chi connectivity index (χ1n) is 15.4. The Bertz CT molecular complexity index is 988. The summed E-state index contributed by atoms with van der Waals surface area (Å²) in [6.07, 6.45) is 5.97. The van der Waals surface area contributed by atoms with Crippen LogP contribution in [-0.2, 0) is 51.9 Å². The third kappa shape index (κ3) is 5.09. The van der Waals surface area contributed by atoms with Gasteiger partial charge in [-0.2, -0.15) is 0 Å². The molecule has 7 heteroatoms. The van der Waals surface area contributed by atoms with Crippen LogP contribution in [0, 0.1) is 76.4 Å². The fraction of sp³-hybridized carbons (Fsp3) is 0.875. The van der Waals surface area contributed by atoms with E-state index in [-0.39, 0.29) is 98.0 Å². The first-order valence-corrected chi connectivity index (χ1v) is 15.4. The number of amides is 2. The van der Waals surface area contributed by atoms with Gasteiger partial charge in [0.2, 0.25) is 11.8 Å². The largest absolute Gasteiger partial charge is 0.396 e. The Kier molecular flexibility index (Phi) is 9.42. The molecule has 1 saturated heterocycles. The van der Waals surface area contributed by atoms with Gasteiger partial charge in [-0.15, -0.1) is 0 Å². The Labute approximate surface area is 260 Å². The second kappa shape index (κ2) is 11.7. The maximum atomic E-state index is 13.7. The van der Waals surface area contributed by atoms with Crippen LogP contribution in [0.5, 0.6) is 0 Å². The van der Waals surface area contributed by atoms with E-state index in [0.717, 1.165) is 32.1 Å². The molecule has 1 N–H and O–H groups in total. The first kappa shape index (κ1) is 31.5. The molecule has 1 aliphatic heterocycles. The Balaban J connectivity index is 0.00000353. The first-order chi connectivity index (χ1) is 17.9. The Morgan fingerprint density at radius 3 is 2.13 bits per heavy atom. The van der Waals surface area contributed by atoms with Gasteiger partial charge in [0.05, 0.1) is 5.92 Å². The van der Waals surface area contributed by atoms with E-state index in [2.05, 4.69) is 6.92 Å². The van der Waals surface area contributed by atoms with Crippen LogP contribution < -0.4 is 0 Å². The fourth-order valence-electron chi connectivity index (χ4n) is 10.5. The molecule has 5 saturated carbocycles. The van der Waals surface area contributed by atoms with E-state index in [0.29, 0.717) is 60.5 Å². The van der Waals surface area contributed by atoms with Gasteiger partial charge in [0.25, 0.3) is 0 Å². The Morgan fingerprint density at radius 2 is 1.56 bits per heavy atom. The van der Waals surface area contributed by atoms with E-state index < -0.39 is 0 Å². The van der Waals surface area contributed by atoms with Gasteiger partial charge >= 0.3 is 0 Å². The molecule has 6 nitrogen and oxygen atoms in total. The number of carbonyl (C=O) groups is 4. The van der Waals surface area contributed by atoms with Gasteiger partial charge in [0.15, 0.2) is 0 Å². The van der Waals surface area contributed by atoms with Gasteiger partial charge in [-0.1, -0.05) is 34.6 Å².